The van der Waals surface area contributed by atoms with Gasteiger partial charge in [0.15, 0.2) is 0 Å². The molecule has 0 bridgehead atoms. The molecule has 0 amide bonds. The molecule has 2 aromatic rings. The molecular formula is C23H30O2Si. The van der Waals surface area contributed by atoms with Crippen molar-refractivity contribution < 1.29 is 9.84 Å². The first-order valence-electron chi connectivity index (χ1n) is 9.01. The van der Waals surface area contributed by atoms with Crippen molar-refractivity contribution in [2.45, 2.75) is 51.9 Å². The van der Waals surface area contributed by atoms with E-state index in [-0.39, 0.29) is 5.41 Å². The molecule has 2 rings (SSSR count). The molecule has 138 valence electrons. The van der Waals surface area contributed by atoms with Gasteiger partial charge in [0, 0.05) is 11.1 Å². The van der Waals surface area contributed by atoms with Gasteiger partial charge in [-0.05, 0) is 28.7 Å². The van der Waals surface area contributed by atoms with E-state index in [0.717, 1.165) is 28.0 Å². The molecule has 0 aliphatic heterocycles. The number of rotatable bonds is 3. The monoisotopic (exact) mass is 366 g/mol. The van der Waals surface area contributed by atoms with Crippen LogP contribution in [0.3, 0.4) is 0 Å². The minimum absolute atomic E-state index is 0.114. The first-order valence-corrected chi connectivity index (χ1v) is 12.5. The van der Waals surface area contributed by atoms with Gasteiger partial charge in [-0.15, -0.1) is 5.54 Å². The SMILES string of the molecule is COc1c(C(O)C#C[Si](C)(C)C)cc(-c2ccccc2)cc1C(C)(C)C. The highest BCUT2D eigenvalue weighted by atomic mass is 28.3. The molecular weight excluding hydrogens is 336 g/mol. The Morgan fingerprint density at radius 1 is 1.00 bits per heavy atom. The average Bonchev–Trinajstić information content (AvgIpc) is 2.57. The highest BCUT2D eigenvalue weighted by molar-refractivity contribution is 6.83. The summed E-state index contributed by atoms with van der Waals surface area (Å²) in [5, 5.41) is 10.8. The van der Waals surface area contributed by atoms with Gasteiger partial charge < -0.3 is 9.84 Å². The maximum Gasteiger partial charge on any atom is 0.143 e. The summed E-state index contributed by atoms with van der Waals surface area (Å²) in [5.74, 6) is 3.79. The second kappa shape index (κ2) is 7.69. The van der Waals surface area contributed by atoms with Gasteiger partial charge in [-0.2, -0.15) is 0 Å². The fourth-order valence-corrected chi connectivity index (χ4v) is 3.37. The summed E-state index contributed by atoms with van der Waals surface area (Å²) in [6.45, 7) is 13.0. The lowest BCUT2D eigenvalue weighted by molar-refractivity contribution is 0.231. The lowest BCUT2D eigenvalue weighted by atomic mass is 9.82. The second-order valence-electron chi connectivity index (χ2n) is 8.68. The van der Waals surface area contributed by atoms with Crippen LogP contribution in [-0.2, 0) is 5.41 Å². The summed E-state index contributed by atoms with van der Waals surface area (Å²) in [6, 6.07) is 14.4. The predicted octanol–water partition coefficient (Wildman–Crippen LogP) is 5.57. The van der Waals surface area contributed by atoms with Crippen molar-refractivity contribution in [1.82, 2.24) is 0 Å². The van der Waals surface area contributed by atoms with E-state index >= 15 is 0 Å². The van der Waals surface area contributed by atoms with Crippen molar-refractivity contribution in [2.75, 3.05) is 7.11 Å². The van der Waals surface area contributed by atoms with Crippen LogP contribution in [0.4, 0.5) is 0 Å². The van der Waals surface area contributed by atoms with Crippen molar-refractivity contribution in [1.29, 1.82) is 0 Å². The van der Waals surface area contributed by atoms with Crippen LogP contribution in [-0.4, -0.2) is 20.3 Å². The number of ether oxygens (including phenoxy) is 1. The van der Waals surface area contributed by atoms with Gasteiger partial charge in [-0.3, -0.25) is 0 Å². The summed E-state index contributed by atoms with van der Waals surface area (Å²) in [7, 11) is 0.0915. The van der Waals surface area contributed by atoms with Gasteiger partial charge in [-0.1, -0.05) is 76.7 Å². The van der Waals surface area contributed by atoms with Gasteiger partial charge >= 0.3 is 0 Å². The summed E-state index contributed by atoms with van der Waals surface area (Å²) in [5.41, 5.74) is 7.16. The minimum Gasteiger partial charge on any atom is -0.496 e. The van der Waals surface area contributed by atoms with E-state index in [1.54, 1.807) is 7.11 Å². The Morgan fingerprint density at radius 3 is 2.12 bits per heavy atom. The Hall–Kier alpha value is -2.02. The number of aliphatic hydroxyl groups is 1. The quantitative estimate of drug-likeness (QED) is 0.568. The van der Waals surface area contributed by atoms with E-state index in [9.17, 15) is 5.11 Å². The molecule has 26 heavy (non-hydrogen) atoms. The number of aliphatic hydroxyl groups excluding tert-OH is 1. The van der Waals surface area contributed by atoms with E-state index in [2.05, 4.69) is 70.1 Å². The van der Waals surface area contributed by atoms with Crippen molar-refractivity contribution in [3.05, 3.63) is 53.6 Å². The van der Waals surface area contributed by atoms with Crippen LogP contribution < -0.4 is 4.74 Å². The lowest BCUT2D eigenvalue weighted by Crippen LogP contribution is -2.17. The van der Waals surface area contributed by atoms with Gasteiger partial charge in [0.05, 0.1) is 7.11 Å². The van der Waals surface area contributed by atoms with Crippen LogP contribution in [0.2, 0.25) is 19.6 Å². The van der Waals surface area contributed by atoms with Crippen LogP contribution in [0, 0.1) is 11.5 Å². The van der Waals surface area contributed by atoms with Crippen LogP contribution in [0.15, 0.2) is 42.5 Å². The standard InChI is InChI=1S/C23H30O2Si/c1-23(2,3)20-16-18(17-11-9-8-10-12-17)15-19(22(20)25-4)21(24)13-14-26(5,6)7/h8-12,15-16,21,24H,1-7H3. The number of methoxy groups -OCH3 is 1. The normalized spacial score (nSPS) is 12.9. The van der Waals surface area contributed by atoms with Gasteiger partial charge in [0.25, 0.3) is 0 Å². The molecule has 0 radical (unpaired) electrons. The molecule has 0 aliphatic rings. The summed E-state index contributed by atoms with van der Waals surface area (Å²) < 4.78 is 5.73. The Kier molecular flexibility index (Phi) is 6.00. The largest absolute Gasteiger partial charge is 0.496 e. The molecule has 0 saturated carbocycles. The third-order valence-electron chi connectivity index (χ3n) is 4.12. The molecule has 0 saturated heterocycles. The Morgan fingerprint density at radius 2 is 1.62 bits per heavy atom. The van der Waals surface area contributed by atoms with E-state index in [1.807, 2.05) is 24.3 Å². The van der Waals surface area contributed by atoms with Crippen molar-refractivity contribution >= 4 is 8.07 Å². The fourth-order valence-electron chi connectivity index (χ4n) is 2.80. The summed E-state index contributed by atoms with van der Waals surface area (Å²) in [6.07, 6.45) is -0.860. The molecule has 0 heterocycles. The predicted molar refractivity (Wildman–Crippen MR) is 113 cm³/mol. The van der Waals surface area contributed by atoms with Crippen molar-refractivity contribution in [3.63, 3.8) is 0 Å². The second-order valence-corrected chi connectivity index (χ2v) is 13.4. The zero-order chi connectivity index (χ0) is 19.5. The molecule has 1 N–H and O–H groups in total. The first-order chi connectivity index (χ1) is 12.0. The van der Waals surface area contributed by atoms with Gasteiger partial charge in [0.1, 0.15) is 19.9 Å². The van der Waals surface area contributed by atoms with E-state index in [1.165, 1.54) is 0 Å². The van der Waals surface area contributed by atoms with E-state index in [4.69, 9.17) is 4.74 Å². The van der Waals surface area contributed by atoms with Crippen molar-refractivity contribution in [3.8, 4) is 28.3 Å². The zero-order valence-corrected chi connectivity index (χ0v) is 18.0. The third kappa shape index (κ3) is 5.00. The molecule has 1 atom stereocenters. The number of benzene rings is 2. The Bertz CT molecular complexity index is 816. The van der Waals surface area contributed by atoms with Crippen molar-refractivity contribution in [2.24, 2.45) is 0 Å². The molecule has 2 nitrogen and oxygen atoms in total. The summed E-state index contributed by atoms with van der Waals surface area (Å²) in [4.78, 5) is 0. The molecule has 1 unspecified atom stereocenters. The number of hydrogen-bond donors (Lipinski definition) is 1. The zero-order valence-electron chi connectivity index (χ0n) is 17.0. The molecule has 3 heteroatoms. The van der Waals surface area contributed by atoms with Crippen LogP contribution in [0.25, 0.3) is 11.1 Å². The summed E-state index contributed by atoms with van der Waals surface area (Å²) >= 11 is 0. The molecule has 0 fully saturated rings. The Labute approximate surface area is 159 Å². The maximum absolute atomic E-state index is 10.8. The molecule has 2 aromatic carbocycles. The van der Waals surface area contributed by atoms with Crippen LogP contribution in [0.5, 0.6) is 5.75 Å². The Balaban J connectivity index is 2.70. The van der Waals surface area contributed by atoms with E-state index < -0.39 is 14.2 Å². The topological polar surface area (TPSA) is 29.5 Å². The molecule has 0 aromatic heterocycles. The maximum atomic E-state index is 10.8. The molecule has 0 spiro atoms. The van der Waals surface area contributed by atoms with Crippen LogP contribution in [0.1, 0.15) is 38.0 Å². The van der Waals surface area contributed by atoms with Gasteiger partial charge in [-0.25, -0.2) is 0 Å². The van der Waals surface area contributed by atoms with E-state index in [0.29, 0.717) is 0 Å². The first kappa shape index (κ1) is 20.3. The highest BCUT2D eigenvalue weighted by Crippen LogP contribution is 2.40. The molecule has 0 aliphatic carbocycles. The highest BCUT2D eigenvalue weighted by Gasteiger charge is 2.25. The van der Waals surface area contributed by atoms with Crippen LogP contribution >= 0.6 is 0 Å². The average molecular weight is 367 g/mol. The third-order valence-corrected chi connectivity index (χ3v) is 5.01. The lowest BCUT2D eigenvalue weighted by Gasteiger charge is -2.26. The smallest absolute Gasteiger partial charge is 0.143 e. The van der Waals surface area contributed by atoms with Gasteiger partial charge in [0.2, 0.25) is 0 Å². The minimum atomic E-state index is -1.57. The number of hydrogen-bond acceptors (Lipinski definition) is 2. The fraction of sp³-hybridized carbons (Fsp3) is 0.391.